The van der Waals surface area contributed by atoms with Crippen LogP contribution in [0.4, 0.5) is 0 Å². The van der Waals surface area contributed by atoms with E-state index in [1.165, 1.54) is 11.1 Å². The van der Waals surface area contributed by atoms with Crippen LogP contribution in [0.15, 0.2) is 67.0 Å². The van der Waals surface area contributed by atoms with Gasteiger partial charge in [-0.25, -0.2) is 4.98 Å². The highest BCUT2D eigenvalue weighted by molar-refractivity contribution is 5.69. The van der Waals surface area contributed by atoms with E-state index in [4.69, 9.17) is 0 Å². The van der Waals surface area contributed by atoms with E-state index < -0.39 is 0 Å². The molecule has 0 unspecified atom stereocenters. The highest BCUT2D eigenvalue weighted by Gasteiger charge is 2.02. The molecule has 0 aliphatic rings. The molecule has 3 nitrogen and oxygen atoms in total. The van der Waals surface area contributed by atoms with E-state index in [0.29, 0.717) is 12.4 Å². The molecule has 2 aromatic carbocycles. The molecule has 0 radical (unpaired) electrons. The van der Waals surface area contributed by atoms with Crippen molar-refractivity contribution in [1.29, 1.82) is 0 Å². The standard InChI is InChI=1S/C17H14N2O/c20-13-17-18-10-11-19(17)12-14-6-8-16(9-7-14)15-4-2-1-3-5-15/h1-11,13H,12H2. The SMILES string of the molecule is O=Cc1nccn1Cc1ccc(-c2ccccc2)cc1. The van der Waals surface area contributed by atoms with Gasteiger partial charge in [0, 0.05) is 18.9 Å². The zero-order valence-electron chi connectivity index (χ0n) is 10.9. The molecule has 0 bridgehead atoms. The predicted molar refractivity (Wildman–Crippen MR) is 78.6 cm³/mol. The van der Waals surface area contributed by atoms with Crippen LogP contribution in [0, 0.1) is 0 Å². The molecule has 0 saturated carbocycles. The summed E-state index contributed by atoms with van der Waals surface area (Å²) in [5, 5.41) is 0. The Kier molecular flexibility index (Phi) is 3.42. The normalized spacial score (nSPS) is 10.4. The fourth-order valence-electron chi connectivity index (χ4n) is 2.20. The molecule has 1 heterocycles. The highest BCUT2D eigenvalue weighted by atomic mass is 16.1. The second kappa shape index (κ2) is 5.53. The first-order valence-electron chi connectivity index (χ1n) is 6.47. The average molecular weight is 262 g/mol. The molecule has 0 fully saturated rings. The van der Waals surface area contributed by atoms with Crippen molar-refractivity contribution in [3.63, 3.8) is 0 Å². The summed E-state index contributed by atoms with van der Waals surface area (Å²) in [5.41, 5.74) is 3.54. The Labute approximate surface area is 117 Å². The molecule has 0 aliphatic carbocycles. The topological polar surface area (TPSA) is 34.9 Å². The third-order valence-electron chi connectivity index (χ3n) is 3.27. The number of carbonyl (C=O) groups excluding carboxylic acids is 1. The van der Waals surface area contributed by atoms with Crippen molar-refractivity contribution in [1.82, 2.24) is 9.55 Å². The summed E-state index contributed by atoms with van der Waals surface area (Å²) in [6.45, 7) is 0.656. The third kappa shape index (κ3) is 2.52. The molecule has 98 valence electrons. The minimum Gasteiger partial charge on any atom is -0.324 e. The van der Waals surface area contributed by atoms with Crippen LogP contribution in [0.1, 0.15) is 16.2 Å². The monoisotopic (exact) mass is 262 g/mol. The van der Waals surface area contributed by atoms with Gasteiger partial charge in [0.2, 0.25) is 0 Å². The van der Waals surface area contributed by atoms with Crippen molar-refractivity contribution in [2.75, 3.05) is 0 Å². The number of rotatable bonds is 4. The molecule has 20 heavy (non-hydrogen) atoms. The van der Waals surface area contributed by atoms with Gasteiger partial charge in [-0.2, -0.15) is 0 Å². The van der Waals surface area contributed by atoms with Crippen LogP contribution in [0.3, 0.4) is 0 Å². The van der Waals surface area contributed by atoms with Gasteiger partial charge in [0.05, 0.1) is 0 Å². The van der Waals surface area contributed by atoms with E-state index >= 15 is 0 Å². The van der Waals surface area contributed by atoms with E-state index in [0.717, 1.165) is 11.8 Å². The average Bonchev–Trinajstić information content (AvgIpc) is 2.96. The second-order valence-electron chi connectivity index (χ2n) is 4.59. The Hall–Kier alpha value is -2.68. The first-order chi connectivity index (χ1) is 9.86. The first kappa shape index (κ1) is 12.4. The molecule has 1 aromatic heterocycles. The van der Waals surface area contributed by atoms with Crippen LogP contribution < -0.4 is 0 Å². The molecule has 3 aromatic rings. The molecular formula is C17H14N2O. The third-order valence-corrected chi connectivity index (χ3v) is 3.27. The second-order valence-corrected chi connectivity index (χ2v) is 4.59. The molecule has 0 atom stereocenters. The van der Waals surface area contributed by atoms with Crippen LogP contribution in [-0.4, -0.2) is 15.8 Å². The molecule has 0 saturated heterocycles. The smallest absolute Gasteiger partial charge is 0.185 e. The van der Waals surface area contributed by atoms with Gasteiger partial charge in [0.15, 0.2) is 12.1 Å². The molecule has 0 aliphatic heterocycles. The van der Waals surface area contributed by atoms with E-state index in [2.05, 4.69) is 41.4 Å². The number of hydrogen-bond acceptors (Lipinski definition) is 2. The summed E-state index contributed by atoms with van der Waals surface area (Å²) in [4.78, 5) is 14.8. The minimum atomic E-state index is 0.456. The lowest BCUT2D eigenvalue weighted by molar-refractivity contribution is 0.111. The number of imidazole rings is 1. The summed E-state index contributed by atoms with van der Waals surface area (Å²) in [5.74, 6) is 0.456. The maximum atomic E-state index is 10.8. The first-order valence-corrected chi connectivity index (χ1v) is 6.47. The van der Waals surface area contributed by atoms with Gasteiger partial charge < -0.3 is 4.57 Å². The Morgan fingerprint density at radius 2 is 1.65 bits per heavy atom. The van der Waals surface area contributed by atoms with Gasteiger partial charge in [-0.3, -0.25) is 4.79 Å². The number of hydrogen-bond donors (Lipinski definition) is 0. The molecular weight excluding hydrogens is 248 g/mol. The Bertz CT molecular complexity index is 699. The van der Waals surface area contributed by atoms with Crippen LogP contribution >= 0.6 is 0 Å². The zero-order chi connectivity index (χ0) is 13.8. The van der Waals surface area contributed by atoms with Gasteiger partial charge in [0.1, 0.15) is 0 Å². The highest BCUT2D eigenvalue weighted by Crippen LogP contribution is 2.19. The molecule has 0 amide bonds. The van der Waals surface area contributed by atoms with Crippen molar-refractivity contribution in [3.8, 4) is 11.1 Å². The summed E-state index contributed by atoms with van der Waals surface area (Å²) in [6.07, 6.45) is 4.23. The number of aldehydes is 1. The van der Waals surface area contributed by atoms with Gasteiger partial charge in [-0.05, 0) is 16.7 Å². The molecule has 3 rings (SSSR count). The van der Waals surface area contributed by atoms with Crippen LogP contribution in [-0.2, 0) is 6.54 Å². The van der Waals surface area contributed by atoms with Gasteiger partial charge in [0.25, 0.3) is 0 Å². The predicted octanol–water partition coefficient (Wildman–Crippen LogP) is 3.41. The largest absolute Gasteiger partial charge is 0.324 e. The minimum absolute atomic E-state index is 0.456. The lowest BCUT2D eigenvalue weighted by Gasteiger charge is -2.06. The maximum absolute atomic E-state index is 10.8. The van der Waals surface area contributed by atoms with Crippen molar-refractivity contribution >= 4 is 6.29 Å². The van der Waals surface area contributed by atoms with E-state index in [1.54, 1.807) is 6.20 Å². The lowest BCUT2D eigenvalue weighted by Crippen LogP contribution is -2.03. The summed E-state index contributed by atoms with van der Waals surface area (Å²) < 4.78 is 1.84. The van der Waals surface area contributed by atoms with Crippen molar-refractivity contribution < 1.29 is 4.79 Å². The Morgan fingerprint density at radius 1 is 0.950 bits per heavy atom. The molecule has 0 N–H and O–H groups in total. The Morgan fingerprint density at radius 3 is 2.35 bits per heavy atom. The van der Waals surface area contributed by atoms with Crippen LogP contribution in [0.2, 0.25) is 0 Å². The van der Waals surface area contributed by atoms with E-state index in [1.807, 2.05) is 29.0 Å². The fraction of sp³-hybridized carbons (Fsp3) is 0.0588. The maximum Gasteiger partial charge on any atom is 0.185 e. The van der Waals surface area contributed by atoms with Gasteiger partial charge in [-0.1, -0.05) is 54.6 Å². The lowest BCUT2D eigenvalue weighted by atomic mass is 10.0. The van der Waals surface area contributed by atoms with Gasteiger partial charge >= 0.3 is 0 Å². The van der Waals surface area contributed by atoms with Gasteiger partial charge in [-0.15, -0.1) is 0 Å². The quantitative estimate of drug-likeness (QED) is 0.675. The van der Waals surface area contributed by atoms with E-state index in [9.17, 15) is 4.79 Å². The Balaban J connectivity index is 1.82. The molecule has 3 heteroatoms. The van der Waals surface area contributed by atoms with E-state index in [-0.39, 0.29) is 0 Å². The number of carbonyl (C=O) groups is 1. The summed E-state index contributed by atoms with van der Waals surface area (Å²) in [6, 6.07) is 18.6. The van der Waals surface area contributed by atoms with Crippen LogP contribution in [0.5, 0.6) is 0 Å². The summed E-state index contributed by atoms with van der Waals surface area (Å²) >= 11 is 0. The number of nitrogens with zero attached hydrogens (tertiary/aromatic N) is 2. The van der Waals surface area contributed by atoms with Crippen molar-refractivity contribution in [2.45, 2.75) is 6.54 Å². The number of aromatic nitrogens is 2. The summed E-state index contributed by atoms with van der Waals surface area (Å²) in [7, 11) is 0. The number of benzene rings is 2. The van der Waals surface area contributed by atoms with Crippen LogP contribution in [0.25, 0.3) is 11.1 Å². The van der Waals surface area contributed by atoms with Crippen molar-refractivity contribution in [2.24, 2.45) is 0 Å². The zero-order valence-corrected chi connectivity index (χ0v) is 10.9. The molecule has 0 spiro atoms. The fourth-order valence-corrected chi connectivity index (χ4v) is 2.20. The van der Waals surface area contributed by atoms with Crippen molar-refractivity contribution in [3.05, 3.63) is 78.4 Å².